The average Bonchev–Trinajstić information content (AvgIpc) is 3.13. The quantitative estimate of drug-likeness (QED) is 0.796. The molecule has 2 N–H and O–H groups in total. The first-order valence-electron chi connectivity index (χ1n) is 8.41. The summed E-state index contributed by atoms with van der Waals surface area (Å²) in [5, 5.41) is 3.94. The van der Waals surface area contributed by atoms with E-state index in [1.165, 1.54) is 0 Å². The highest BCUT2D eigenvalue weighted by Crippen LogP contribution is 2.22. The highest BCUT2D eigenvalue weighted by atomic mass is 35.5. The van der Waals surface area contributed by atoms with Crippen molar-refractivity contribution < 1.29 is 14.1 Å². The molecule has 0 spiro atoms. The Bertz CT molecular complexity index is 655. The average molecular weight is 366 g/mol. The van der Waals surface area contributed by atoms with Gasteiger partial charge in [-0.3, -0.25) is 4.79 Å². The zero-order valence-electron chi connectivity index (χ0n) is 14.1. The molecule has 0 radical (unpaired) electrons. The van der Waals surface area contributed by atoms with Crippen LogP contribution in [0, 0.1) is 0 Å². The molecule has 0 aliphatic carbocycles. The zero-order valence-corrected chi connectivity index (χ0v) is 14.9. The molecule has 1 fully saturated rings. The van der Waals surface area contributed by atoms with Gasteiger partial charge in [-0.15, -0.1) is 12.4 Å². The third-order valence-electron chi connectivity index (χ3n) is 4.22. The number of halogens is 1. The van der Waals surface area contributed by atoms with Crippen molar-refractivity contribution in [2.75, 3.05) is 26.2 Å². The number of rotatable bonds is 6. The molecule has 1 saturated heterocycles. The number of carbonyl (C=O) groups excluding carboxylic acids is 1. The van der Waals surface area contributed by atoms with Gasteiger partial charge in [-0.05, 0) is 25.8 Å². The Balaban J connectivity index is 0.00000225. The third-order valence-corrected chi connectivity index (χ3v) is 4.22. The molecule has 1 amide bonds. The van der Waals surface area contributed by atoms with Crippen LogP contribution in [-0.4, -0.2) is 48.3 Å². The number of nitrogens with two attached hydrogens (primary N) is 1. The highest BCUT2D eigenvalue weighted by Gasteiger charge is 2.26. The van der Waals surface area contributed by atoms with Gasteiger partial charge in [0, 0.05) is 31.3 Å². The second-order valence-electron chi connectivity index (χ2n) is 5.95. The molecule has 2 heterocycles. The van der Waals surface area contributed by atoms with Crippen molar-refractivity contribution >= 4 is 18.3 Å². The number of ether oxygens (including phenoxy) is 1. The van der Waals surface area contributed by atoms with Gasteiger partial charge < -0.3 is 19.9 Å². The Kier molecular flexibility index (Phi) is 7.43. The Morgan fingerprint density at radius 2 is 2.00 bits per heavy atom. The fraction of sp³-hybridized carbons (Fsp3) is 0.444. The monoisotopic (exact) mass is 365 g/mol. The minimum Gasteiger partial charge on any atom is -0.378 e. The largest absolute Gasteiger partial charge is 0.378 e. The number of amides is 1. The molecule has 6 nitrogen and oxygen atoms in total. The summed E-state index contributed by atoms with van der Waals surface area (Å²) in [5.74, 6) is 0.528. The third kappa shape index (κ3) is 5.04. The maximum atomic E-state index is 12.6. The van der Waals surface area contributed by atoms with Gasteiger partial charge in [0.15, 0.2) is 11.5 Å². The maximum Gasteiger partial charge on any atom is 0.276 e. The number of benzene rings is 1. The van der Waals surface area contributed by atoms with E-state index >= 15 is 0 Å². The lowest BCUT2D eigenvalue weighted by Crippen LogP contribution is -2.41. The lowest BCUT2D eigenvalue weighted by molar-refractivity contribution is 0.00820. The smallest absolute Gasteiger partial charge is 0.276 e. The van der Waals surface area contributed by atoms with Crippen molar-refractivity contribution in [1.29, 1.82) is 0 Å². The fourth-order valence-electron chi connectivity index (χ4n) is 2.84. The Labute approximate surface area is 153 Å². The lowest BCUT2D eigenvalue weighted by Gasteiger charge is -2.31. The van der Waals surface area contributed by atoms with Gasteiger partial charge in [0.25, 0.3) is 5.91 Å². The van der Waals surface area contributed by atoms with Crippen LogP contribution in [0.5, 0.6) is 0 Å². The number of aromatic nitrogens is 1. The normalized spacial score (nSPS) is 15.0. The van der Waals surface area contributed by atoms with E-state index in [1.54, 1.807) is 6.07 Å². The van der Waals surface area contributed by atoms with Crippen molar-refractivity contribution in [3.05, 3.63) is 42.1 Å². The van der Waals surface area contributed by atoms with E-state index in [1.807, 2.05) is 35.2 Å². The summed E-state index contributed by atoms with van der Waals surface area (Å²) in [4.78, 5) is 14.4. The minimum atomic E-state index is -0.0821. The lowest BCUT2D eigenvalue weighted by atomic mass is 10.1. The number of hydrogen-bond donors (Lipinski definition) is 1. The van der Waals surface area contributed by atoms with Gasteiger partial charge >= 0.3 is 0 Å². The summed E-state index contributed by atoms with van der Waals surface area (Å²) in [7, 11) is 0. The second-order valence-corrected chi connectivity index (χ2v) is 5.95. The van der Waals surface area contributed by atoms with E-state index in [0.29, 0.717) is 37.7 Å². The Morgan fingerprint density at radius 3 is 2.68 bits per heavy atom. The summed E-state index contributed by atoms with van der Waals surface area (Å²) in [5.41, 5.74) is 6.74. The molecule has 1 aromatic carbocycles. The molecule has 136 valence electrons. The fourth-order valence-corrected chi connectivity index (χ4v) is 2.84. The van der Waals surface area contributed by atoms with Gasteiger partial charge in [-0.1, -0.05) is 35.5 Å². The molecule has 1 aliphatic rings. The standard InChI is InChI=1S/C18H23N3O3.ClH/c19-9-4-12-23-15-7-10-21(11-8-15)18(22)16-13-17(24-20-16)14-5-2-1-3-6-14;/h1-3,5-6,13,15H,4,7-12,19H2;1H. The summed E-state index contributed by atoms with van der Waals surface area (Å²) >= 11 is 0. The van der Waals surface area contributed by atoms with Crippen LogP contribution in [-0.2, 0) is 4.74 Å². The Hall–Kier alpha value is -1.89. The summed E-state index contributed by atoms with van der Waals surface area (Å²) in [6.45, 7) is 2.70. The number of likely N-dealkylation sites (tertiary alicyclic amines) is 1. The van der Waals surface area contributed by atoms with Gasteiger partial charge in [0.1, 0.15) is 0 Å². The summed E-state index contributed by atoms with van der Waals surface area (Å²) in [6, 6.07) is 11.4. The van der Waals surface area contributed by atoms with Gasteiger partial charge in [0.2, 0.25) is 0 Å². The van der Waals surface area contributed by atoms with Crippen molar-refractivity contribution in [2.45, 2.75) is 25.4 Å². The van der Waals surface area contributed by atoms with Gasteiger partial charge in [-0.25, -0.2) is 0 Å². The molecule has 1 aromatic heterocycles. The molecule has 1 aliphatic heterocycles. The number of nitrogens with zero attached hydrogens (tertiary/aromatic N) is 2. The first-order chi connectivity index (χ1) is 11.8. The van der Waals surface area contributed by atoms with Crippen LogP contribution in [0.3, 0.4) is 0 Å². The van der Waals surface area contributed by atoms with Crippen LogP contribution in [0.4, 0.5) is 0 Å². The first-order valence-corrected chi connectivity index (χ1v) is 8.41. The van der Waals surface area contributed by atoms with Crippen LogP contribution in [0.1, 0.15) is 29.8 Å². The predicted molar refractivity (Wildman–Crippen MR) is 97.7 cm³/mol. The summed E-state index contributed by atoms with van der Waals surface area (Å²) < 4.78 is 11.1. The van der Waals surface area contributed by atoms with E-state index in [-0.39, 0.29) is 24.4 Å². The van der Waals surface area contributed by atoms with Crippen molar-refractivity contribution in [2.24, 2.45) is 5.73 Å². The van der Waals surface area contributed by atoms with Crippen molar-refractivity contribution in [3.63, 3.8) is 0 Å². The molecule has 25 heavy (non-hydrogen) atoms. The Morgan fingerprint density at radius 1 is 1.28 bits per heavy atom. The molecular formula is C18H24ClN3O3. The molecular weight excluding hydrogens is 342 g/mol. The minimum absolute atomic E-state index is 0. The van der Waals surface area contributed by atoms with E-state index in [2.05, 4.69) is 5.16 Å². The summed E-state index contributed by atoms with van der Waals surface area (Å²) in [6.07, 6.45) is 2.79. The van der Waals surface area contributed by atoms with Gasteiger partial charge in [0.05, 0.1) is 6.10 Å². The van der Waals surface area contributed by atoms with E-state index < -0.39 is 0 Å². The molecule has 2 aromatic rings. The zero-order chi connectivity index (χ0) is 16.8. The van der Waals surface area contributed by atoms with Gasteiger partial charge in [-0.2, -0.15) is 0 Å². The molecule has 7 heteroatoms. The molecule has 0 bridgehead atoms. The number of hydrogen-bond acceptors (Lipinski definition) is 5. The molecule has 0 atom stereocenters. The SMILES string of the molecule is Cl.NCCCOC1CCN(C(=O)c2cc(-c3ccccc3)on2)CC1. The highest BCUT2D eigenvalue weighted by molar-refractivity contribution is 5.93. The second kappa shape index (κ2) is 9.56. The number of piperidine rings is 1. The predicted octanol–water partition coefficient (Wildman–Crippen LogP) is 2.73. The van der Waals surface area contributed by atoms with Crippen LogP contribution >= 0.6 is 12.4 Å². The van der Waals surface area contributed by atoms with Crippen molar-refractivity contribution in [3.8, 4) is 11.3 Å². The topological polar surface area (TPSA) is 81.6 Å². The van der Waals surface area contributed by atoms with Crippen LogP contribution < -0.4 is 5.73 Å². The van der Waals surface area contributed by atoms with Crippen LogP contribution in [0.15, 0.2) is 40.9 Å². The van der Waals surface area contributed by atoms with Crippen LogP contribution in [0.2, 0.25) is 0 Å². The molecule has 0 saturated carbocycles. The maximum absolute atomic E-state index is 12.6. The van der Waals surface area contributed by atoms with E-state index in [4.69, 9.17) is 15.0 Å². The van der Waals surface area contributed by atoms with Crippen LogP contribution in [0.25, 0.3) is 11.3 Å². The van der Waals surface area contributed by atoms with E-state index in [9.17, 15) is 4.79 Å². The first kappa shape index (κ1) is 19.4. The van der Waals surface area contributed by atoms with E-state index in [0.717, 1.165) is 24.8 Å². The molecule has 3 rings (SSSR count). The molecule has 0 unspecified atom stereocenters. The number of carbonyl (C=O) groups is 1. The van der Waals surface area contributed by atoms with Crippen molar-refractivity contribution in [1.82, 2.24) is 10.1 Å².